The van der Waals surface area contributed by atoms with Crippen molar-refractivity contribution in [3.05, 3.63) is 59.9 Å². The lowest BCUT2D eigenvalue weighted by Crippen LogP contribution is -2.28. The van der Waals surface area contributed by atoms with Crippen molar-refractivity contribution >= 4 is 5.91 Å². The Hall–Kier alpha value is -2.56. The first-order chi connectivity index (χ1) is 10.2. The van der Waals surface area contributed by atoms with Gasteiger partial charge in [0.1, 0.15) is 17.3 Å². The predicted octanol–water partition coefficient (Wildman–Crippen LogP) is 2.53. The lowest BCUT2D eigenvalue weighted by Gasteiger charge is -2.08. The summed E-state index contributed by atoms with van der Waals surface area (Å²) in [6.07, 6.45) is 0. The number of ether oxygens (including phenoxy) is 2. The molecule has 0 aliphatic rings. The lowest BCUT2D eigenvalue weighted by atomic mass is 10.2. The highest BCUT2D eigenvalue weighted by molar-refractivity contribution is 5.77. The van der Waals surface area contributed by atoms with Crippen LogP contribution in [0, 0.1) is 5.82 Å². The van der Waals surface area contributed by atoms with Gasteiger partial charge >= 0.3 is 0 Å². The highest BCUT2D eigenvalue weighted by Crippen LogP contribution is 2.18. The van der Waals surface area contributed by atoms with E-state index in [1.54, 1.807) is 43.5 Å². The summed E-state index contributed by atoms with van der Waals surface area (Å²) in [5.41, 5.74) is 0.825. The number of benzene rings is 2. The predicted molar refractivity (Wildman–Crippen MR) is 76.7 cm³/mol. The minimum absolute atomic E-state index is 0.0889. The van der Waals surface area contributed by atoms with E-state index in [1.807, 2.05) is 0 Å². The summed E-state index contributed by atoms with van der Waals surface area (Å²) in [5, 5.41) is 2.70. The first kappa shape index (κ1) is 14.8. The lowest BCUT2D eigenvalue weighted by molar-refractivity contribution is -0.123. The summed E-state index contributed by atoms with van der Waals surface area (Å²) in [6.45, 7) is 0.245. The molecule has 4 nitrogen and oxygen atoms in total. The van der Waals surface area contributed by atoms with Gasteiger partial charge in [0.25, 0.3) is 5.91 Å². The molecule has 0 saturated carbocycles. The van der Waals surface area contributed by atoms with E-state index in [0.29, 0.717) is 18.0 Å². The third kappa shape index (κ3) is 4.80. The number of carbonyl (C=O) groups is 1. The topological polar surface area (TPSA) is 47.6 Å². The Balaban J connectivity index is 1.78. The van der Waals surface area contributed by atoms with Crippen LogP contribution in [0.15, 0.2) is 48.5 Å². The molecule has 1 N–H and O–H groups in total. The molecule has 0 radical (unpaired) electrons. The fourth-order valence-electron chi connectivity index (χ4n) is 1.69. The molecule has 1 amide bonds. The molecule has 0 atom stereocenters. The molecule has 0 heterocycles. The molecule has 0 saturated heterocycles. The van der Waals surface area contributed by atoms with Crippen molar-refractivity contribution in [2.75, 3.05) is 13.7 Å². The molecule has 0 aliphatic heterocycles. The second kappa shape index (κ2) is 7.28. The first-order valence-electron chi connectivity index (χ1n) is 6.45. The van der Waals surface area contributed by atoms with E-state index in [2.05, 4.69) is 5.32 Å². The molecule has 0 bridgehead atoms. The van der Waals surface area contributed by atoms with Crippen LogP contribution in [0.3, 0.4) is 0 Å². The van der Waals surface area contributed by atoms with Crippen molar-refractivity contribution in [1.29, 1.82) is 0 Å². The van der Waals surface area contributed by atoms with Gasteiger partial charge in [0.15, 0.2) is 6.61 Å². The second-order valence-corrected chi connectivity index (χ2v) is 4.37. The zero-order chi connectivity index (χ0) is 15.1. The van der Waals surface area contributed by atoms with E-state index in [1.165, 1.54) is 12.1 Å². The summed E-state index contributed by atoms with van der Waals surface area (Å²) in [4.78, 5) is 11.7. The Labute approximate surface area is 122 Å². The molecule has 2 aromatic carbocycles. The van der Waals surface area contributed by atoms with Crippen molar-refractivity contribution < 1.29 is 18.7 Å². The van der Waals surface area contributed by atoms with Crippen molar-refractivity contribution in [2.45, 2.75) is 6.54 Å². The summed E-state index contributed by atoms with van der Waals surface area (Å²) in [5.74, 6) is 0.680. The Morgan fingerprint density at radius 3 is 2.57 bits per heavy atom. The standard InChI is InChI=1S/C16H16FNO3/c1-20-14-3-2-4-15(9-14)21-11-16(19)18-10-12-5-7-13(17)8-6-12/h2-9H,10-11H2,1H3,(H,18,19). The molecule has 0 fully saturated rings. The summed E-state index contributed by atoms with van der Waals surface area (Å²) in [7, 11) is 1.56. The van der Waals surface area contributed by atoms with Gasteiger partial charge in [-0.2, -0.15) is 0 Å². The fourth-order valence-corrected chi connectivity index (χ4v) is 1.69. The summed E-state index contributed by atoms with van der Waals surface area (Å²) >= 11 is 0. The van der Waals surface area contributed by atoms with E-state index < -0.39 is 0 Å². The molecule has 0 aromatic heterocycles. The first-order valence-corrected chi connectivity index (χ1v) is 6.45. The number of methoxy groups -OCH3 is 1. The van der Waals surface area contributed by atoms with Crippen molar-refractivity contribution in [2.24, 2.45) is 0 Å². The fraction of sp³-hybridized carbons (Fsp3) is 0.188. The average molecular weight is 289 g/mol. The minimum atomic E-state index is -0.300. The summed E-state index contributed by atoms with van der Waals surface area (Å²) in [6, 6.07) is 13.0. The third-order valence-electron chi connectivity index (χ3n) is 2.81. The number of amides is 1. The van der Waals surface area contributed by atoms with Crippen LogP contribution in [0.25, 0.3) is 0 Å². The van der Waals surface area contributed by atoms with Crippen LogP contribution >= 0.6 is 0 Å². The maximum absolute atomic E-state index is 12.7. The molecule has 2 rings (SSSR count). The van der Waals surface area contributed by atoms with Crippen molar-refractivity contribution in [3.63, 3.8) is 0 Å². The molecule has 21 heavy (non-hydrogen) atoms. The number of halogens is 1. The van der Waals surface area contributed by atoms with Gasteiger partial charge in [-0.1, -0.05) is 18.2 Å². The van der Waals surface area contributed by atoms with Crippen molar-refractivity contribution in [1.82, 2.24) is 5.32 Å². The molecule has 2 aromatic rings. The number of hydrogen-bond donors (Lipinski definition) is 1. The molecule has 0 unspecified atom stereocenters. The van der Waals surface area contributed by atoms with Crippen LogP contribution in [-0.4, -0.2) is 19.6 Å². The summed E-state index contributed by atoms with van der Waals surface area (Å²) < 4.78 is 23.2. The van der Waals surface area contributed by atoms with Gasteiger partial charge in [0.05, 0.1) is 7.11 Å². The second-order valence-electron chi connectivity index (χ2n) is 4.37. The zero-order valence-corrected chi connectivity index (χ0v) is 11.6. The molecular formula is C16H16FNO3. The highest BCUT2D eigenvalue weighted by atomic mass is 19.1. The van der Waals surface area contributed by atoms with Crippen LogP contribution in [0.4, 0.5) is 4.39 Å². The normalized spacial score (nSPS) is 10.0. The van der Waals surface area contributed by atoms with Crippen LogP contribution in [0.2, 0.25) is 0 Å². The smallest absolute Gasteiger partial charge is 0.258 e. The van der Waals surface area contributed by atoms with Crippen LogP contribution in [0.5, 0.6) is 11.5 Å². The molecular weight excluding hydrogens is 273 g/mol. The number of carbonyl (C=O) groups excluding carboxylic acids is 1. The monoisotopic (exact) mass is 289 g/mol. The molecule has 110 valence electrons. The van der Waals surface area contributed by atoms with Gasteiger partial charge in [-0.25, -0.2) is 4.39 Å². The number of nitrogens with one attached hydrogen (secondary N) is 1. The van der Waals surface area contributed by atoms with Gasteiger partial charge in [0, 0.05) is 12.6 Å². The Kier molecular flexibility index (Phi) is 5.15. The van der Waals surface area contributed by atoms with Gasteiger partial charge in [-0.3, -0.25) is 4.79 Å². The van der Waals surface area contributed by atoms with Gasteiger partial charge < -0.3 is 14.8 Å². The molecule has 0 aliphatic carbocycles. The maximum Gasteiger partial charge on any atom is 0.258 e. The largest absolute Gasteiger partial charge is 0.497 e. The highest BCUT2D eigenvalue weighted by Gasteiger charge is 2.04. The van der Waals surface area contributed by atoms with Crippen LogP contribution in [0.1, 0.15) is 5.56 Å². The van der Waals surface area contributed by atoms with Crippen LogP contribution < -0.4 is 14.8 Å². The maximum atomic E-state index is 12.7. The van der Waals surface area contributed by atoms with Gasteiger partial charge in [0.2, 0.25) is 0 Å². The van der Waals surface area contributed by atoms with Gasteiger partial charge in [-0.15, -0.1) is 0 Å². The van der Waals surface area contributed by atoms with Crippen molar-refractivity contribution in [3.8, 4) is 11.5 Å². The quantitative estimate of drug-likeness (QED) is 0.889. The van der Waals surface area contributed by atoms with E-state index >= 15 is 0 Å². The Morgan fingerprint density at radius 2 is 1.86 bits per heavy atom. The Morgan fingerprint density at radius 1 is 1.14 bits per heavy atom. The van der Waals surface area contributed by atoms with Crippen LogP contribution in [-0.2, 0) is 11.3 Å². The molecule has 5 heteroatoms. The minimum Gasteiger partial charge on any atom is -0.497 e. The van der Waals surface area contributed by atoms with E-state index in [4.69, 9.17) is 9.47 Å². The SMILES string of the molecule is COc1cccc(OCC(=O)NCc2ccc(F)cc2)c1. The zero-order valence-electron chi connectivity index (χ0n) is 11.6. The van der Waals surface area contributed by atoms with E-state index in [9.17, 15) is 9.18 Å². The van der Waals surface area contributed by atoms with E-state index in [-0.39, 0.29) is 18.3 Å². The number of hydrogen-bond acceptors (Lipinski definition) is 3. The Bertz CT molecular complexity index is 599. The molecule has 0 spiro atoms. The third-order valence-corrected chi connectivity index (χ3v) is 2.81. The van der Waals surface area contributed by atoms with Gasteiger partial charge in [-0.05, 0) is 29.8 Å². The number of rotatable bonds is 6. The van der Waals surface area contributed by atoms with E-state index in [0.717, 1.165) is 5.56 Å². The average Bonchev–Trinajstić information content (AvgIpc) is 2.52.